The first kappa shape index (κ1) is 27.9. The first-order chi connectivity index (χ1) is 15.6. The molecule has 2 fully saturated rings. The van der Waals surface area contributed by atoms with E-state index in [1.54, 1.807) is 7.05 Å². The van der Waals surface area contributed by atoms with Gasteiger partial charge in [-0.1, -0.05) is 31.2 Å². The molecule has 0 aromatic heterocycles. The van der Waals surface area contributed by atoms with Crippen molar-refractivity contribution >= 4 is 35.8 Å². The minimum Gasteiger partial charge on any atom is -0.359 e. The molecule has 2 saturated heterocycles. The van der Waals surface area contributed by atoms with Gasteiger partial charge in [-0.25, -0.2) is 4.99 Å². The largest absolute Gasteiger partial charge is 0.359 e. The Balaban J connectivity index is 0.00000385. The second-order valence-corrected chi connectivity index (χ2v) is 9.00. The second-order valence-electron chi connectivity index (χ2n) is 9.00. The molecule has 3 rings (SSSR count). The van der Waals surface area contributed by atoms with E-state index in [1.807, 2.05) is 0 Å². The van der Waals surface area contributed by atoms with Gasteiger partial charge < -0.3 is 20.4 Å². The minimum atomic E-state index is 0. The number of nitrogens with one attached hydrogen (secondary N) is 2. The molecule has 33 heavy (non-hydrogen) atoms. The van der Waals surface area contributed by atoms with Crippen molar-refractivity contribution in [2.45, 2.75) is 46.2 Å². The van der Waals surface area contributed by atoms with E-state index in [0.29, 0.717) is 18.9 Å². The van der Waals surface area contributed by atoms with Crippen molar-refractivity contribution in [3.05, 3.63) is 35.4 Å². The first-order valence-corrected chi connectivity index (χ1v) is 12.4. The van der Waals surface area contributed by atoms with Gasteiger partial charge in [0.05, 0.1) is 6.54 Å². The van der Waals surface area contributed by atoms with Crippen molar-refractivity contribution in [1.82, 2.24) is 25.3 Å². The lowest BCUT2D eigenvalue weighted by atomic mass is 9.93. The van der Waals surface area contributed by atoms with Crippen LogP contribution < -0.4 is 10.6 Å². The number of likely N-dealkylation sites (tertiary alicyclic amines) is 1. The number of carbonyl (C=O) groups excluding carboxylic acids is 1. The fraction of sp³-hybridized carbons (Fsp3) is 0.680. The Morgan fingerprint density at radius 2 is 1.58 bits per heavy atom. The molecule has 8 heteroatoms. The molecule has 0 radical (unpaired) electrons. The summed E-state index contributed by atoms with van der Waals surface area (Å²) in [6.45, 7) is 14.7. The van der Waals surface area contributed by atoms with E-state index >= 15 is 0 Å². The lowest BCUT2D eigenvalue weighted by molar-refractivity contribution is -0.121. The molecule has 1 amide bonds. The van der Waals surface area contributed by atoms with Crippen molar-refractivity contribution in [2.75, 3.05) is 59.4 Å². The molecular formula is C25H43IN6O. The zero-order valence-corrected chi connectivity index (χ0v) is 23.0. The van der Waals surface area contributed by atoms with Crippen LogP contribution in [0.2, 0.25) is 0 Å². The van der Waals surface area contributed by atoms with Crippen LogP contribution in [0.25, 0.3) is 0 Å². The van der Waals surface area contributed by atoms with E-state index in [9.17, 15) is 4.79 Å². The number of guanidine groups is 1. The average molecular weight is 571 g/mol. The standard InChI is InChI=1S/C25H42N6O.HI/c1-4-27-25(31-12-10-21(11-13-31)18-24(32)26-3)28-19-22-6-8-23(9-7-22)20-30-16-14-29(5-2)15-17-30;/h6-9,21H,4-5,10-20H2,1-3H3,(H,26,32)(H,27,28);1H. The molecule has 0 aliphatic carbocycles. The maximum atomic E-state index is 11.7. The summed E-state index contributed by atoms with van der Waals surface area (Å²) in [4.78, 5) is 24.0. The molecule has 2 aliphatic heterocycles. The molecule has 0 saturated carbocycles. The molecule has 7 nitrogen and oxygen atoms in total. The Bertz CT molecular complexity index is 725. The number of hydrogen-bond donors (Lipinski definition) is 2. The highest BCUT2D eigenvalue weighted by Crippen LogP contribution is 2.20. The Hall–Kier alpha value is -1.39. The normalized spacial score (nSPS) is 18.6. The van der Waals surface area contributed by atoms with Crippen LogP contribution in [0.3, 0.4) is 0 Å². The molecule has 2 N–H and O–H groups in total. The highest BCUT2D eigenvalue weighted by molar-refractivity contribution is 14.0. The summed E-state index contributed by atoms with van der Waals surface area (Å²) >= 11 is 0. The quantitative estimate of drug-likeness (QED) is 0.286. The minimum absolute atomic E-state index is 0. The smallest absolute Gasteiger partial charge is 0.220 e. The summed E-state index contributed by atoms with van der Waals surface area (Å²) < 4.78 is 0. The van der Waals surface area contributed by atoms with Crippen LogP contribution in [0.1, 0.15) is 44.2 Å². The number of amides is 1. The van der Waals surface area contributed by atoms with Crippen molar-refractivity contribution in [1.29, 1.82) is 0 Å². The molecule has 0 unspecified atom stereocenters. The number of nitrogens with zero attached hydrogens (tertiary/aromatic N) is 4. The van der Waals surface area contributed by atoms with Crippen molar-refractivity contribution in [3.8, 4) is 0 Å². The zero-order valence-electron chi connectivity index (χ0n) is 20.7. The zero-order chi connectivity index (χ0) is 22.8. The van der Waals surface area contributed by atoms with Crippen molar-refractivity contribution < 1.29 is 4.79 Å². The van der Waals surface area contributed by atoms with Gasteiger partial charge in [-0.2, -0.15) is 0 Å². The molecule has 0 spiro atoms. The number of hydrogen-bond acceptors (Lipinski definition) is 4. The number of piperazine rings is 1. The number of piperidine rings is 1. The molecule has 186 valence electrons. The van der Waals surface area contributed by atoms with E-state index in [2.05, 4.69) is 63.4 Å². The summed E-state index contributed by atoms with van der Waals surface area (Å²) in [5.74, 6) is 1.62. The fourth-order valence-corrected chi connectivity index (χ4v) is 4.58. The number of likely N-dealkylation sites (N-methyl/N-ethyl adjacent to an activating group) is 1. The molecule has 2 heterocycles. The highest BCUT2D eigenvalue weighted by Gasteiger charge is 2.23. The summed E-state index contributed by atoms with van der Waals surface area (Å²) in [6, 6.07) is 8.96. The van der Waals surface area contributed by atoms with Crippen molar-refractivity contribution in [2.24, 2.45) is 10.9 Å². The highest BCUT2D eigenvalue weighted by atomic mass is 127. The van der Waals surface area contributed by atoms with Crippen LogP contribution in [0.5, 0.6) is 0 Å². The molecule has 2 aliphatic rings. The summed E-state index contributed by atoms with van der Waals surface area (Å²) in [5, 5.41) is 6.19. The van der Waals surface area contributed by atoms with Crippen LogP contribution in [0.4, 0.5) is 0 Å². The monoisotopic (exact) mass is 570 g/mol. The van der Waals surface area contributed by atoms with Crippen LogP contribution >= 0.6 is 24.0 Å². The Kier molecular flexibility index (Phi) is 12.5. The number of aliphatic imine (C=N–C) groups is 1. The summed E-state index contributed by atoms with van der Waals surface area (Å²) in [7, 11) is 1.72. The lowest BCUT2D eigenvalue weighted by Gasteiger charge is -2.34. The van der Waals surface area contributed by atoms with E-state index < -0.39 is 0 Å². The van der Waals surface area contributed by atoms with Gasteiger partial charge in [-0.05, 0) is 43.4 Å². The van der Waals surface area contributed by atoms with Gasteiger partial charge in [-0.3, -0.25) is 9.69 Å². The molecule has 1 aromatic rings. The van der Waals surface area contributed by atoms with Gasteiger partial charge in [-0.15, -0.1) is 24.0 Å². The van der Waals surface area contributed by atoms with E-state index in [1.165, 1.54) is 24.2 Å². The first-order valence-electron chi connectivity index (χ1n) is 12.4. The lowest BCUT2D eigenvalue weighted by Crippen LogP contribution is -2.46. The number of halogens is 1. The van der Waals surface area contributed by atoms with E-state index in [-0.39, 0.29) is 29.9 Å². The van der Waals surface area contributed by atoms with Crippen molar-refractivity contribution in [3.63, 3.8) is 0 Å². The average Bonchev–Trinajstić information content (AvgIpc) is 2.83. The third kappa shape index (κ3) is 9.05. The summed E-state index contributed by atoms with van der Waals surface area (Å²) in [5.41, 5.74) is 2.63. The Morgan fingerprint density at radius 1 is 0.970 bits per heavy atom. The Labute approximate surface area is 217 Å². The van der Waals surface area contributed by atoms with Crippen LogP contribution in [0, 0.1) is 5.92 Å². The number of benzene rings is 1. The summed E-state index contributed by atoms with van der Waals surface area (Å²) in [6.07, 6.45) is 2.72. The fourth-order valence-electron chi connectivity index (χ4n) is 4.58. The van der Waals surface area contributed by atoms with Crippen LogP contribution in [-0.4, -0.2) is 86.0 Å². The van der Waals surface area contributed by atoms with Crippen LogP contribution in [-0.2, 0) is 17.9 Å². The molecule has 1 aromatic carbocycles. The number of rotatable bonds is 8. The third-order valence-corrected chi connectivity index (χ3v) is 6.75. The maximum Gasteiger partial charge on any atom is 0.220 e. The SMILES string of the molecule is CCNC(=NCc1ccc(CN2CCN(CC)CC2)cc1)N1CCC(CC(=O)NC)CC1.I. The molecule has 0 atom stereocenters. The Morgan fingerprint density at radius 3 is 2.15 bits per heavy atom. The molecular weight excluding hydrogens is 527 g/mol. The van der Waals surface area contributed by atoms with Gasteiger partial charge in [0.15, 0.2) is 5.96 Å². The second kappa shape index (κ2) is 14.8. The number of carbonyl (C=O) groups is 1. The van der Waals surface area contributed by atoms with E-state index in [4.69, 9.17) is 4.99 Å². The third-order valence-electron chi connectivity index (χ3n) is 6.75. The van der Waals surface area contributed by atoms with Gasteiger partial charge in [0, 0.05) is 65.8 Å². The predicted molar refractivity (Wildman–Crippen MR) is 147 cm³/mol. The van der Waals surface area contributed by atoms with E-state index in [0.717, 1.165) is 64.6 Å². The van der Waals surface area contributed by atoms with Gasteiger partial charge in [0.2, 0.25) is 5.91 Å². The van der Waals surface area contributed by atoms with Crippen LogP contribution in [0.15, 0.2) is 29.3 Å². The maximum absolute atomic E-state index is 11.7. The van der Waals surface area contributed by atoms with Gasteiger partial charge in [0.25, 0.3) is 0 Å². The topological polar surface area (TPSA) is 63.2 Å². The predicted octanol–water partition coefficient (Wildman–Crippen LogP) is 2.76. The van der Waals surface area contributed by atoms with Gasteiger partial charge >= 0.3 is 0 Å². The molecule has 0 bridgehead atoms. The van der Waals surface area contributed by atoms with Gasteiger partial charge in [0.1, 0.15) is 0 Å².